The maximum atomic E-state index is 12.9. The number of thioether (sulfide) groups is 2. The van der Waals surface area contributed by atoms with E-state index in [1.54, 1.807) is 36.0 Å². The van der Waals surface area contributed by atoms with Gasteiger partial charge in [-0.1, -0.05) is 41.6 Å². The van der Waals surface area contributed by atoms with Crippen molar-refractivity contribution in [3.63, 3.8) is 0 Å². The molecule has 1 heterocycles. The normalized spacial score (nSPS) is 10.8. The Morgan fingerprint density at radius 2 is 1.84 bits per heavy atom. The molecule has 0 atom stereocenters. The molecule has 168 valence electrons. The first-order chi connectivity index (χ1) is 15.5. The number of esters is 1. The average molecular weight is 472 g/mol. The predicted molar refractivity (Wildman–Crippen MR) is 128 cm³/mol. The number of nitrogens with zero attached hydrogens (tertiary/aromatic N) is 2. The number of benzene rings is 2. The van der Waals surface area contributed by atoms with Crippen molar-refractivity contribution in [3.8, 4) is 0 Å². The molecule has 2 aromatic carbocycles. The molecular weight excluding hydrogens is 446 g/mol. The standard InChI is InChI=1S/C23H25N3O4S2/c1-16-7-9-17(10-8-16)31-14-12-24-20(27)15-32-23-25-19-6-4-3-5-18(19)22(29)26(23)13-11-21(28)30-2/h3-10H,11-15H2,1-2H3,(H,24,27). The third-order valence-electron chi connectivity index (χ3n) is 4.64. The van der Waals surface area contributed by atoms with Gasteiger partial charge in [-0.2, -0.15) is 0 Å². The second kappa shape index (κ2) is 11.7. The number of fused-ring (bicyclic) bond motifs is 1. The molecule has 0 bridgehead atoms. The third-order valence-corrected chi connectivity index (χ3v) is 6.63. The highest BCUT2D eigenvalue weighted by atomic mass is 32.2. The van der Waals surface area contributed by atoms with Crippen LogP contribution in [0, 0.1) is 6.92 Å². The summed E-state index contributed by atoms with van der Waals surface area (Å²) in [6, 6.07) is 15.3. The Balaban J connectivity index is 1.59. The highest BCUT2D eigenvalue weighted by Gasteiger charge is 2.14. The number of methoxy groups -OCH3 is 1. The quantitative estimate of drug-likeness (QED) is 0.210. The van der Waals surface area contributed by atoms with E-state index in [9.17, 15) is 14.4 Å². The van der Waals surface area contributed by atoms with Crippen LogP contribution in [0.15, 0.2) is 63.4 Å². The molecule has 9 heteroatoms. The van der Waals surface area contributed by atoms with Gasteiger partial charge in [-0.3, -0.25) is 19.0 Å². The van der Waals surface area contributed by atoms with E-state index >= 15 is 0 Å². The van der Waals surface area contributed by atoms with E-state index < -0.39 is 5.97 Å². The predicted octanol–water partition coefficient (Wildman–Crippen LogP) is 3.27. The SMILES string of the molecule is COC(=O)CCn1c(SCC(=O)NCCSc2ccc(C)cc2)nc2ccccc2c1=O. The zero-order valence-corrected chi connectivity index (χ0v) is 19.6. The second-order valence-corrected chi connectivity index (χ2v) is 9.11. The van der Waals surface area contributed by atoms with Crippen molar-refractivity contribution in [1.82, 2.24) is 14.9 Å². The van der Waals surface area contributed by atoms with Crippen molar-refractivity contribution in [1.29, 1.82) is 0 Å². The van der Waals surface area contributed by atoms with Crippen LogP contribution in [0.25, 0.3) is 10.9 Å². The number of aromatic nitrogens is 2. The number of nitrogens with one attached hydrogen (secondary N) is 1. The fourth-order valence-corrected chi connectivity index (χ4v) is 4.56. The van der Waals surface area contributed by atoms with Gasteiger partial charge in [-0.15, -0.1) is 11.8 Å². The number of aryl methyl sites for hydroxylation is 1. The first-order valence-corrected chi connectivity index (χ1v) is 12.1. The van der Waals surface area contributed by atoms with Gasteiger partial charge < -0.3 is 10.1 Å². The van der Waals surface area contributed by atoms with Gasteiger partial charge in [0.2, 0.25) is 5.91 Å². The Hall–Kier alpha value is -2.78. The Bertz CT molecular complexity index is 1150. The van der Waals surface area contributed by atoms with Crippen LogP contribution in [0.3, 0.4) is 0 Å². The van der Waals surface area contributed by atoms with E-state index in [-0.39, 0.29) is 30.2 Å². The fourth-order valence-electron chi connectivity index (χ4n) is 2.94. The number of para-hydroxylation sites is 1. The van der Waals surface area contributed by atoms with Crippen LogP contribution < -0.4 is 10.9 Å². The summed E-state index contributed by atoms with van der Waals surface area (Å²) in [5.41, 5.74) is 1.54. The van der Waals surface area contributed by atoms with Crippen LogP contribution in [0.5, 0.6) is 0 Å². The van der Waals surface area contributed by atoms with E-state index in [1.165, 1.54) is 29.0 Å². The zero-order valence-electron chi connectivity index (χ0n) is 18.0. The number of hydrogen-bond acceptors (Lipinski definition) is 7. The molecular formula is C23H25N3O4S2. The monoisotopic (exact) mass is 471 g/mol. The molecule has 0 fully saturated rings. The van der Waals surface area contributed by atoms with Crippen molar-refractivity contribution in [3.05, 3.63) is 64.4 Å². The van der Waals surface area contributed by atoms with Crippen molar-refractivity contribution < 1.29 is 14.3 Å². The minimum Gasteiger partial charge on any atom is -0.469 e. The molecule has 3 rings (SSSR count). The van der Waals surface area contributed by atoms with Crippen LogP contribution in [0.4, 0.5) is 0 Å². The molecule has 0 saturated carbocycles. The van der Waals surface area contributed by atoms with Crippen LogP contribution >= 0.6 is 23.5 Å². The number of amides is 1. The maximum Gasteiger partial charge on any atom is 0.307 e. The van der Waals surface area contributed by atoms with Crippen molar-refractivity contribution >= 4 is 46.3 Å². The van der Waals surface area contributed by atoms with Gasteiger partial charge in [0.05, 0.1) is 30.2 Å². The summed E-state index contributed by atoms with van der Waals surface area (Å²) in [6.07, 6.45) is 0.0480. The van der Waals surface area contributed by atoms with Gasteiger partial charge in [0.1, 0.15) is 0 Å². The van der Waals surface area contributed by atoms with Crippen molar-refractivity contribution in [2.75, 3.05) is 25.2 Å². The zero-order chi connectivity index (χ0) is 22.9. The summed E-state index contributed by atoms with van der Waals surface area (Å²) >= 11 is 2.86. The smallest absolute Gasteiger partial charge is 0.307 e. The lowest BCUT2D eigenvalue weighted by atomic mass is 10.2. The Morgan fingerprint density at radius 1 is 1.09 bits per heavy atom. The molecule has 7 nitrogen and oxygen atoms in total. The Morgan fingerprint density at radius 3 is 2.59 bits per heavy atom. The minimum absolute atomic E-state index is 0.0480. The molecule has 0 saturated heterocycles. The van der Waals surface area contributed by atoms with E-state index in [2.05, 4.69) is 39.3 Å². The van der Waals surface area contributed by atoms with Crippen LogP contribution in [-0.4, -0.2) is 46.6 Å². The molecule has 0 aliphatic carbocycles. The topological polar surface area (TPSA) is 90.3 Å². The molecule has 0 aliphatic heterocycles. The van der Waals surface area contributed by atoms with Gasteiger partial charge in [0, 0.05) is 23.7 Å². The van der Waals surface area contributed by atoms with Crippen LogP contribution in [0.2, 0.25) is 0 Å². The molecule has 0 radical (unpaired) electrons. The summed E-state index contributed by atoms with van der Waals surface area (Å²) in [6.45, 7) is 2.73. The molecule has 0 unspecified atom stereocenters. The average Bonchev–Trinajstić information content (AvgIpc) is 2.81. The van der Waals surface area contributed by atoms with Gasteiger partial charge in [-0.05, 0) is 31.2 Å². The summed E-state index contributed by atoms with van der Waals surface area (Å²) in [5, 5.41) is 3.77. The molecule has 1 amide bonds. The minimum atomic E-state index is -0.412. The van der Waals surface area contributed by atoms with E-state index in [4.69, 9.17) is 0 Å². The number of hydrogen-bond donors (Lipinski definition) is 1. The molecule has 3 aromatic rings. The lowest BCUT2D eigenvalue weighted by Gasteiger charge is -2.12. The summed E-state index contributed by atoms with van der Waals surface area (Å²) in [5.74, 6) is 0.335. The first-order valence-electron chi connectivity index (χ1n) is 10.1. The molecule has 1 aromatic heterocycles. The van der Waals surface area contributed by atoms with Gasteiger partial charge >= 0.3 is 5.97 Å². The highest BCUT2D eigenvalue weighted by Crippen LogP contribution is 2.19. The molecule has 1 N–H and O–H groups in total. The number of carbonyl (C=O) groups is 2. The van der Waals surface area contributed by atoms with Crippen molar-refractivity contribution in [2.24, 2.45) is 0 Å². The van der Waals surface area contributed by atoms with Crippen molar-refractivity contribution in [2.45, 2.75) is 29.9 Å². The summed E-state index contributed by atoms with van der Waals surface area (Å²) < 4.78 is 6.12. The Labute approximate surface area is 194 Å². The lowest BCUT2D eigenvalue weighted by molar-refractivity contribution is -0.140. The van der Waals surface area contributed by atoms with Gasteiger partial charge in [-0.25, -0.2) is 4.98 Å². The number of ether oxygens (including phenoxy) is 1. The fraction of sp³-hybridized carbons (Fsp3) is 0.304. The van der Waals surface area contributed by atoms with E-state index in [0.717, 1.165) is 10.6 Å². The molecule has 0 spiro atoms. The maximum absolute atomic E-state index is 12.9. The summed E-state index contributed by atoms with van der Waals surface area (Å²) in [4.78, 5) is 42.5. The van der Waals surface area contributed by atoms with E-state index in [0.29, 0.717) is 22.6 Å². The molecule has 32 heavy (non-hydrogen) atoms. The molecule has 0 aliphatic rings. The Kier molecular flexibility index (Phi) is 8.75. The van der Waals surface area contributed by atoms with Gasteiger partial charge in [0.25, 0.3) is 5.56 Å². The second-order valence-electron chi connectivity index (χ2n) is 6.99. The van der Waals surface area contributed by atoms with Gasteiger partial charge in [0.15, 0.2) is 5.16 Å². The van der Waals surface area contributed by atoms with Crippen LogP contribution in [-0.2, 0) is 20.9 Å². The van der Waals surface area contributed by atoms with Crippen LogP contribution in [0.1, 0.15) is 12.0 Å². The van der Waals surface area contributed by atoms with E-state index in [1.807, 2.05) is 6.92 Å². The number of carbonyl (C=O) groups excluding carboxylic acids is 2. The lowest BCUT2D eigenvalue weighted by Crippen LogP contribution is -2.29. The summed E-state index contributed by atoms with van der Waals surface area (Å²) in [7, 11) is 1.31. The largest absolute Gasteiger partial charge is 0.469 e. The highest BCUT2D eigenvalue weighted by molar-refractivity contribution is 7.99. The number of rotatable bonds is 10. The first kappa shape index (κ1) is 23.9. The third kappa shape index (κ3) is 6.61.